The fourth-order valence-corrected chi connectivity index (χ4v) is 5.81. The number of ether oxygens (including phenoxy) is 1. The van der Waals surface area contributed by atoms with Crippen LogP contribution in [0.25, 0.3) is 5.69 Å². The third-order valence-corrected chi connectivity index (χ3v) is 8.85. The summed E-state index contributed by atoms with van der Waals surface area (Å²) in [6, 6.07) is 6.59. The van der Waals surface area contributed by atoms with Gasteiger partial charge < -0.3 is 25.2 Å². The number of benzene rings is 1. The van der Waals surface area contributed by atoms with Crippen molar-refractivity contribution in [2.75, 3.05) is 89.1 Å². The predicted molar refractivity (Wildman–Crippen MR) is 166 cm³/mol. The highest BCUT2D eigenvalue weighted by atomic mass is 32.2. The fourth-order valence-electron chi connectivity index (χ4n) is 5.24. The summed E-state index contributed by atoms with van der Waals surface area (Å²) >= 11 is 0. The van der Waals surface area contributed by atoms with E-state index in [0.717, 1.165) is 57.5 Å². The molecule has 0 unspecified atom stereocenters. The van der Waals surface area contributed by atoms with Gasteiger partial charge in [0.1, 0.15) is 0 Å². The third kappa shape index (κ3) is 8.62. The van der Waals surface area contributed by atoms with E-state index in [0.29, 0.717) is 44.2 Å². The van der Waals surface area contributed by atoms with Crippen LogP contribution in [-0.4, -0.2) is 129 Å². The number of carbonyl (C=O) groups excluding carboxylic acids is 2. The topological polar surface area (TPSA) is 155 Å². The lowest BCUT2D eigenvalue weighted by Crippen LogP contribution is -2.44. The average molecular weight is 680 g/mol. The van der Waals surface area contributed by atoms with Crippen molar-refractivity contribution in [2.45, 2.75) is 17.6 Å². The summed E-state index contributed by atoms with van der Waals surface area (Å²) in [7, 11) is -2.10. The van der Waals surface area contributed by atoms with Crippen LogP contribution in [0.2, 0.25) is 0 Å². The quantitative estimate of drug-likeness (QED) is 0.300. The summed E-state index contributed by atoms with van der Waals surface area (Å²) in [5, 5.41) is 12.6. The minimum Gasteiger partial charge on any atom is -0.379 e. The number of nitrogens with one attached hydrogen (secondary N) is 2. The molecular formula is C29H36F3N9O5S. The van der Waals surface area contributed by atoms with Crippen molar-refractivity contribution < 1.29 is 35.9 Å². The first-order valence-corrected chi connectivity index (χ1v) is 16.9. The zero-order valence-electron chi connectivity index (χ0n) is 26.0. The van der Waals surface area contributed by atoms with Crippen molar-refractivity contribution in [3.63, 3.8) is 0 Å². The van der Waals surface area contributed by atoms with Gasteiger partial charge in [-0.1, -0.05) is 5.21 Å². The van der Waals surface area contributed by atoms with Gasteiger partial charge in [-0.25, -0.2) is 18.1 Å². The first kappa shape index (κ1) is 34.2. The van der Waals surface area contributed by atoms with Crippen molar-refractivity contribution in [3.8, 4) is 5.69 Å². The summed E-state index contributed by atoms with van der Waals surface area (Å²) in [5.74, 6) is -1.54. The third-order valence-electron chi connectivity index (χ3n) is 7.87. The molecule has 2 aromatic heterocycles. The van der Waals surface area contributed by atoms with Crippen LogP contribution >= 0.6 is 0 Å². The van der Waals surface area contributed by atoms with Crippen LogP contribution in [0.5, 0.6) is 0 Å². The monoisotopic (exact) mass is 679 g/mol. The Bertz CT molecular complexity index is 1700. The van der Waals surface area contributed by atoms with Gasteiger partial charge in [0.2, 0.25) is 0 Å². The van der Waals surface area contributed by atoms with Crippen LogP contribution in [0.4, 0.5) is 24.5 Å². The normalized spacial score (nSPS) is 16.7. The number of amides is 2. The van der Waals surface area contributed by atoms with Crippen molar-refractivity contribution in [3.05, 3.63) is 53.5 Å². The number of halogens is 3. The highest BCUT2D eigenvalue weighted by Crippen LogP contribution is 2.34. The highest BCUT2D eigenvalue weighted by molar-refractivity contribution is 7.90. The van der Waals surface area contributed by atoms with Gasteiger partial charge in [-0.05, 0) is 50.3 Å². The van der Waals surface area contributed by atoms with E-state index in [-0.39, 0.29) is 11.4 Å². The Morgan fingerprint density at radius 1 is 1.00 bits per heavy atom. The van der Waals surface area contributed by atoms with E-state index in [9.17, 15) is 31.2 Å². The van der Waals surface area contributed by atoms with E-state index in [1.165, 1.54) is 16.9 Å². The summed E-state index contributed by atoms with van der Waals surface area (Å²) in [6.07, 6.45) is -2.20. The van der Waals surface area contributed by atoms with E-state index >= 15 is 0 Å². The number of hydrogen-bond acceptors (Lipinski definition) is 11. The van der Waals surface area contributed by atoms with Crippen LogP contribution in [-0.2, 0) is 20.8 Å². The second-order valence-electron chi connectivity index (χ2n) is 11.4. The fraction of sp³-hybridized carbons (Fsp3) is 0.483. The number of anilines is 2. The molecular weight excluding hydrogens is 643 g/mol. The molecule has 0 aliphatic carbocycles. The average Bonchev–Trinajstić information content (AvgIpc) is 3.54. The number of morpholine rings is 1. The maximum atomic E-state index is 14.0. The second-order valence-corrected chi connectivity index (χ2v) is 13.3. The SMILES string of the molecule is CN1CCN(c2ccc(-n3cc(C(=O)NCCCN4CCOCC4)nn3)cc2NC(=O)c2ccc(S(C)(=O)=O)nc2C(F)(F)F)CC1. The first-order valence-electron chi connectivity index (χ1n) is 15.0. The number of sulfone groups is 1. The van der Waals surface area contributed by atoms with Gasteiger partial charge in [0, 0.05) is 52.1 Å². The molecule has 254 valence electrons. The molecule has 0 saturated carbocycles. The van der Waals surface area contributed by atoms with Crippen molar-refractivity contribution in [1.82, 2.24) is 35.1 Å². The lowest BCUT2D eigenvalue weighted by molar-refractivity contribution is -0.141. The number of pyridine rings is 1. The summed E-state index contributed by atoms with van der Waals surface area (Å²) in [4.78, 5) is 35.8. The summed E-state index contributed by atoms with van der Waals surface area (Å²) < 4.78 is 72.3. The van der Waals surface area contributed by atoms with Crippen molar-refractivity contribution >= 4 is 33.0 Å². The highest BCUT2D eigenvalue weighted by Gasteiger charge is 2.38. The molecule has 0 spiro atoms. The van der Waals surface area contributed by atoms with Crippen molar-refractivity contribution in [1.29, 1.82) is 0 Å². The standard InChI is InChI=1S/C29H36F3N9O5S/c1-38-10-12-40(13-11-38)24-6-4-20(41-19-23(36-37-41)28(43)33-8-3-9-39-14-16-46-17-15-39)18-22(24)34-27(42)21-5-7-25(47(2,44)45)35-26(21)29(30,31)32/h4-7,18-19H,3,8-17H2,1-2H3,(H,33,43)(H,34,42). The van der Waals surface area contributed by atoms with E-state index in [2.05, 4.69) is 35.7 Å². The number of rotatable bonds is 10. The molecule has 0 radical (unpaired) electrons. The van der Waals surface area contributed by atoms with Gasteiger partial charge in [0.25, 0.3) is 11.8 Å². The number of hydrogen-bond donors (Lipinski definition) is 2. The first-order chi connectivity index (χ1) is 22.3. The second kappa shape index (κ2) is 14.3. The molecule has 2 amide bonds. The Hall–Kier alpha value is -4.13. The number of carbonyl (C=O) groups is 2. The summed E-state index contributed by atoms with van der Waals surface area (Å²) in [5.41, 5.74) is -1.26. The zero-order chi connectivity index (χ0) is 33.8. The lowest BCUT2D eigenvalue weighted by Gasteiger charge is -2.35. The van der Waals surface area contributed by atoms with Crippen molar-refractivity contribution in [2.24, 2.45) is 0 Å². The molecule has 2 fully saturated rings. The zero-order valence-corrected chi connectivity index (χ0v) is 26.8. The smallest absolute Gasteiger partial charge is 0.379 e. The van der Waals surface area contributed by atoms with Gasteiger partial charge in [0.05, 0.1) is 42.0 Å². The van der Waals surface area contributed by atoms with Gasteiger partial charge in [0.15, 0.2) is 26.3 Å². The van der Waals surface area contributed by atoms with Crippen LogP contribution in [0.1, 0.15) is 33.0 Å². The van der Waals surface area contributed by atoms with E-state index in [4.69, 9.17) is 4.74 Å². The molecule has 5 rings (SSSR count). The Morgan fingerprint density at radius 3 is 2.40 bits per heavy atom. The molecule has 2 aliphatic rings. The van der Waals surface area contributed by atoms with Gasteiger partial charge in [-0.15, -0.1) is 5.10 Å². The van der Waals surface area contributed by atoms with E-state index in [1.807, 2.05) is 11.9 Å². The molecule has 2 aliphatic heterocycles. The molecule has 2 saturated heterocycles. The van der Waals surface area contributed by atoms with Crippen LogP contribution in [0.15, 0.2) is 41.6 Å². The molecule has 4 heterocycles. The van der Waals surface area contributed by atoms with E-state index < -0.39 is 44.1 Å². The minimum absolute atomic E-state index is 0.0666. The number of nitrogens with zero attached hydrogens (tertiary/aromatic N) is 7. The van der Waals surface area contributed by atoms with Gasteiger partial charge >= 0.3 is 6.18 Å². The van der Waals surface area contributed by atoms with Crippen LogP contribution in [0.3, 0.4) is 0 Å². The molecule has 14 nitrogen and oxygen atoms in total. The Balaban J connectivity index is 1.37. The number of alkyl halides is 3. The predicted octanol–water partition coefficient (Wildman–Crippen LogP) is 1.54. The molecule has 0 atom stereocenters. The molecule has 0 bridgehead atoms. The van der Waals surface area contributed by atoms with E-state index in [1.54, 1.807) is 12.1 Å². The molecule has 47 heavy (non-hydrogen) atoms. The maximum Gasteiger partial charge on any atom is 0.434 e. The molecule has 3 aromatic rings. The molecule has 18 heteroatoms. The van der Waals surface area contributed by atoms with Crippen LogP contribution in [0, 0.1) is 0 Å². The van der Waals surface area contributed by atoms with Crippen LogP contribution < -0.4 is 15.5 Å². The van der Waals surface area contributed by atoms with Gasteiger partial charge in [-0.2, -0.15) is 13.2 Å². The largest absolute Gasteiger partial charge is 0.434 e. The number of piperazine rings is 1. The van der Waals surface area contributed by atoms with Gasteiger partial charge in [-0.3, -0.25) is 14.5 Å². The number of aromatic nitrogens is 4. The Morgan fingerprint density at radius 2 is 1.72 bits per heavy atom. The Kier molecular flexibility index (Phi) is 10.4. The lowest BCUT2D eigenvalue weighted by atomic mass is 10.1. The Labute approximate surface area is 269 Å². The maximum absolute atomic E-state index is 14.0. The molecule has 2 N–H and O–H groups in total. The minimum atomic E-state index is -5.10. The summed E-state index contributed by atoms with van der Waals surface area (Å²) in [6.45, 7) is 7.00. The number of likely N-dealkylation sites (N-methyl/N-ethyl adjacent to an activating group) is 1. The molecule has 1 aromatic carbocycles.